The van der Waals surface area contributed by atoms with Gasteiger partial charge in [0.15, 0.2) is 0 Å². The third kappa shape index (κ3) is 6.65. The van der Waals surface area contributed by atoms with Gasteiger partial charge in [0.05, 0.1) is 0 Å². The Labute approximate surface area is 127 Å². The summed E-state index contributed by atoms with van der Waals surface area (Å²) in [4.78, 5) is 23.6. The van der Waals surface area contributed by atoms with E-state index in [0.29, 0.717) is 0 Å². The fraction of sp³-hybridized carbons (Fsp3) is 0.750. The lowest BCUT2D eigenvalue weighted by atomic mass is 9.91. The minimum Gasteiger partial charge on any atom is -0.444 e. The fourth-order valence-electron chi connectivity index (χ4n) is 2.36. The Bertz CT molecular complexity index is 410. The van der Waals surface area contributed by atoms with Crippen LogP contribution in [0.25, 0.3) is 0 Å². The number of hydrogen-bond donors (Lipinski definition) is 2. The third-order valence-corrected chi connectivity index (χ3v) is 3.52. The SMILES string of the molecule is C/C=C(\C)C(=O)N[C@@H]1CCC[C@H](NC(=O)OC(C)(C)C)C1. The lowest BCUT2D eigenvalue weighted by Crippen LogP contribution is -2.47. The topological polar surface area (TPSA) is 67.4 Å². The Morgan fingerprint density at radius 1 is 1.14 bits per heavy atom. The van der Waals surface area contributed by atoms with Gasteiger partial charge in [-0.15, -0.1) is 0 Å². The second-order valence-corrected chi connectivity index (χ2v) is 6.65. The summed E-state index contributed by atoms with van der Waals surface area (Å²) < 4.78 is 5.27. The molecule has 0 heterocycles. The van der Waals surface area contributed by atoms with Crippen LogP contribution >= 0.6 is 0 Å². The fourth-order valence-corrected chi connectivity index (χ4v) is 2.36. The molecule has 2 atom stereocenters. The Kier molecular flexibility index (Phi) is 6.24. The van der Waals surface area contributed by atoms with Gasteiger partial charge in [-0.25, -0.2) is 4.79 Å². The molecule has 21 heavy (non-hydrogen) atoms. The molecule has 1 aliphatic rings. The quantitative estimate of drug-likeness (QED) is 0.787. The van der Waals surface area contributed by atoms with Gasteiger partial charge in [-0.05, 0) is 60.3 Å². The molecule has 2 N–H and O–H groups in total. The summed E-state index contributed by atoms with van der Waals surface area (Å²) >= 11 is 0. The first-order valence-electron chi connectivity index (χ1n) is 7.64. The summed E-state index contributed by atoms with van der Waals surface area (Å²) in [5, 5.41) is 5.92. The van der Waals surface area contributed by atoms with Crippen LogP contribution in [0, 0.1) is 0 Å². The second kappa shape index (κ2) is 7.48. The lowest BCUT2D eigenvalue weighted by Gasteiger charge is -2.31. The van der Waals surface area contributed by atoms with Gasteiger partial charge < -0.3 is 15.4 Å². The monoisotopic (exact) mass is 296 g/mol. The highest BCUT2D eigenvalue weighted by Gasteiger charge is 2.26. The van der Waals surface area contributed by atoms with Crippen molar-refractivity contribution < 1.29 is 14.3 Å². The Morgan fingerprint density at radius 2 is 1.71 bits per heavy atom. The van der Waals surface area contributed by atoms with Crippen molar-refractivity contribution in [2.45, 2.75) is 78.0 Å². The molecule has 0 radical (unpaired) electrons. The molecule has 1 saturated carbocycles. The standard InChI is InChI=1S/C16H28N2O3/c1-6-11(2)14(19)17-12-8-7-9-13(10-12)18-15(20)21-16(3,4)5/h6,12-13H,7-10H2,1-5H3,(H,17,19)(H,18,20)/b11-6+/t12-,13+/m1/s1. The third-order valence-electron chi connectivity index (χ3n) is 3.52. The van der Waals surface area contributed by atoms with Crippen LogP contribution < -0.4 is 10.6 Å². The number of carbonyl (C=O) groups is 2. The zero-order valence-electron chi connectivity index (χ0n) is 13.8. The molecular formula is C16H28N2O3. The van der Waals surface area contributed by atoms with Gasteiger partial charge in [-0.1, -0.05) is 6.08 Å². The maximum absolute atomic E-state index is 11.9. The van der Waals surface area contributed by atoms with Crippen LogP contribution in [0.15, 0.2) is 11.6 Å². The number of rotatable bonds is 3. The zero-order chi connectivity index (χ0) is 16.0. The smallest absolute Gasteiger partial charge is 0.407 e. The highest BCUT2D eigenvalue weighted by Crippen LogP contribution is 2.19. The number of alkyl carbamates (subject to hydrolysis) is 1. The molecule has 0 aromatic heterocycles. The van der Waals surface area contributed by atoms with E-state index in [9.17, 15) is 9.59 Å². The van der Waals surface area contributed by atoms with Crippen molar-refractivity contribution >= 4 is 12.0 Å². The van der Waals surface area contributed by atoms with Gasteiger partial charge >= 0.3 is 6.09 Å². The average Bonchev–Trinajstić information content (AvgIpc) is 2.35. The zero-order valence-corrected chi connectivity index (χ0v) is 13.8. The summed E-state index contributed by atoms with van der Waals surface area (Å²) in [6.07, 6.45) is 5.03. The molecule has 1 fully saturated rings. The van der Waals surface area contributed by atoms with Gasteiger partial charge in [-0.3, -0.25) is 4.79 Å². The van der Waals surface area contributed by atoms with Crippen molar-refractivity contribution in [2.75, 3.05) is 0 Å². The summed E-state index contributed by atoms with van der Waals surface area (Å²) in [5.41, 5.74) is 0.229. The molecule has 5 heteroatoms. The van der Waals surface area contributed by atoms with Crippen LogP contribution in [0.2, 0.25) is 0 Å². The molecule has 120 valence electrons. The number of ether oxygens (including phenoxy) is 1. The average molecular weight is 296 g/mol. The summed E-state index contributed by atoms with van der Waals surface area (Å²) in [7, 11) is 0. The highest BCUT2D eigenvalue weighted by molar-refractivity contribution is 5.92. The van der Waals surface area contributed by atoms with E-state index in [0.717, 1.165) is 31.3 Å². The van der Waals surface area contributed by atoms with Gasteiger partial charge in [0.1, 0.15) is 5.60 Å². The maximum atomic E-state index is 11.9. The van der Waals surface area contributed by atoms with E-state index in [2.05, 4.69) is 10.6 Å². The lowest BCUT2D eigenvalue weighted by molar-refractivity contribution is -0.118. The van der Waals surface area contributed by atoms with Crippen molar-refractivity contribution in [3.05, 3.63) is 11.6 Å². The van der Waals surface area contributed by atoms with E-state index < -0.39 is 5.60 Å². The largest absolute Gasteiger partial charge is 0.444 e. The van der Waals surface area contributed by atoms with Crippen LogP contribution in [0.5, 0.6) is 0 Å². The van der Waals surface area contributed by atoms with Crippen LogP contribution in [-0.2, 0) is 9.53 Å². The van der Waals surface area contributed by atoms with Crippen molar-refractivity contribution in [2.24, 2.45) is 0 Å². The second-order valence-electron chi connectivity index (χ2n) is 6.65. The van der Waals surface area contributed by atoms with Crippen LogP contribution in [0.4, 0.5) is 4.79 Å². The number of amides is 2. The van der Waals surface area contributed by atoms with Crippen molar-refractivity contribution in [1.29, 1.82) is 0 Å². The molecule has 0 unspecified atom stereocenters. The maximum Gasteiger partial charge on any atom is 0.407 e. The summed E-state index contributed by atoms with van der Waals surface area (Å²) in [6.45, 7) is 9.18. The molecule has 1 rings (SSSR count). The molecule has 0 aliphatic heterocycles. The van der Waals surface area contributed by atoms with E-state index in [1.54, 1.807) is 13.0 Å². The van der Waals surface area contributed by atoms with Crippen molar-refractivity contribution in [1.82, 2.24) is 10.6 Å². The minimum absolute atomic E-state index is 0.0274. The summed E-state index contributed by atoms with van der Waals surface area (Å²) in [5.74, 6) is -0.0274. The molecule has 1 aliphatic carbocycles. The van der Waals surface area contributed by atoms with Crippen LogP contribution in [0.1, 0.15) is 60.3 Å². The van der Waals surface area contributed by atoms with Crippen LogP contribution in [-0.4, -0.2) is 29.7 Å². The predicted octanol–water partition coefficient (Wildman–Crippen LogP) is 2.90. The van der Waals surface area contributed by atoms with Gasteiger partial charge in [0.2, 0.25) is 5.91 Å². The van der Waals surface area contributed by atoms with E-state index in [-0.39, 0.29) is 24.1 Å². The number of hydrogen-bond acceptors (Lipinski definition) is 3. The molecule has 0 saturated heterocycles. The Hall–Kier alpha value is -1.52. The molecule has 5 nitrogen and oxygen atoms in total. The normalized spacial score (nSPS) is 23.4. The molecule has 0 bridgehead atoms. The van der Waals surface area contributed by atoms with E-state index in [1.165, 1.54) is 0 Å². The van der Waals surface area contributed by atoms with Gasteiger partial charge in [0.25, 0.3) is 0 Å². The molecule has 0 aromatic carbocycles. The molecule has 0 aromatic rings. The number of allylic oxidation sites excluding steroid dienone is 1. The van der Waals surface area contributed by atoms with Crippen molar-refractivity contribution in [3.8, 4) is 0 Å². The Morgan fingerprint density at radius 3 is 2.24 bits per heavy atom. The first kappa shape index (κ1) is 17.5. The van der Waals surface area contributed by atoms with Crippen LogP contribution in [0.3, 0.4) is 0 Å². The van der Waals surface area contributed by atoms with E-state index in [4.69, 9.17) is 4.74 Å². The van der Waals surface area contributed by atoms with E-state index >= 15 is 0 Å². The first-order chi connectivity index (χ1) is 9.71. The van der Waals surface area contributed by atoms with Crippen molar-refractivity contribution in [3.63, 3.8) is 0 Å². The Balaban J connectivity index is 2.45. The van der Waals surface area contributed by atoms with Gasteiger partial charge in [0, 0.05) is 17.7 Å². The number of carbonyl (C=O) groups excluding carboxylic acids is 2. The molecule has 2 amide bonds. The minimum atomic E-state index is -0.491. The number of nitrogens with one attached hydrogen (secondary N) is 2. The van der Waals surface area contributed by atoms with E-state index in [1.807, 2.05) is 27.7 Å². The molecule has 0 spiro atoms. The predicted molar refractivity (Wildman–Crippen MR) is 83.0 cm³/mol. The molecular weight excluding hydrogens is 268 g/mol. The van der Waals surface area contributed by atoms with Gasteiger partial charge in [-0.2, -0.15) is 0 Å². The first-order valence-corrected chi connectivity index (χ1v) is 7.64. The summed E-state index contributed by atoms with van der Waals surface area (Å²) in [6, 6.07) is 0.172. The highest BCUT2D eigenvalue weighted by atomic mass is 16.6.